The third-order valence-corrected chi connectivity index (χ3v) is 5.59. The summed E-state index contributed by atoms with van der Waals surface area (Å²) in [6, 6.07) is 18.0. The summed E-state index contributed by atoms with van der Waals surface area (Å²) in [5.74, 6) is -0.0203. The van der Waals surface area contributed by atoms with Gasteiger partial charge in [0.1, 0.15) is 5.01 Å². The number of fused-ring (bicyclic) bond motifs is 1. The fourth-order valence-corrected chi connectivity index (χ4v) is 4.05. The second kappa shape index (κ2) is 7.32. The van der Waals surface area contributed by atoms with E-state index in [1.54, 1.807) is 11.3 Å². The summed E-state index contributed by atoms with van der Waals surface area (Å²) in [6.07, 6.45) is 0.315. The zero-order chi connectivity index (χ0) is 18.8. The van der Waals surface area contributed by atoms with Crippen LogP contribution in [0, 0.1) is 13.8 Å². The number of aromatic nitrogens is 3. The molecule has 2 aromatic carbocycles. The third kappa shape index (κ3) is 3.61. The highest BCUT2D eigenvalue weighted by Crippen LogP contribution is 2.22. The number of rotatable bonds is 5. The number of benzene rings is 2. The summed E-state index contributed by atoms with van der Waals surface area (Å²) in [5.41, 5.74) is 4.82. The molecule has 0 fully saturated rings. The minimum absolute atomic E-state index is 0.0203. The van der Waals surface area contributed by atoms with E-state index in [1.807, 2.05) is 73.1 Å². The number of amides is 1. The molecule has 136 valence electrons. The van der Waals surface area contributed by atoms with Crippen LogP contribution in [0.2, 0.25) is 0 Å². The van der Waals surface area contributed by atoms with E-state index < -0.39 is 0 Å². The lowest BCUT2D eigenvalue weighted by Crippen LogP contribution is -2.25. The van der Waals surface area contributed by atoms with Crippen LogP contribution in [0.1, 0.15) is 22.0 Å². The molecule has 0 aliphatic carbocycles. The zero-order valence-corrected chi connectivity index (χ0v) is 16.1. The quantitative estimate of drug-likeness (QED) is 0.574. The van der Waals surface area contributed by atoms with Crippen molar-refractivity contribution in [1.29, 1.82) is 0 Å². The molecule has 0 bridgehead atoms. The van der Waals surface area contributed by atoms with Crippen molar-refractivity contribution in [1.82, 2.24) is 20.1 Å². The van der Waals surface area contributed by atoms with Crippen LogP contribution < -0.4 is 5.32 Å². The van der Waals surface area contributed by atoms with E-state index in [4.69, 9.17) is 0 Å². The van der Waals surface area contributed by atoms with Gasteiger partial charge in [0.2, 0.25) is 5.91 Å². The highest BCUT2D eigenvalue weighted by atomic mass is 32.1. The van der Waals surface area contributed by atoms with Crippen LogP contribution in [0.4, 0.5) is 0 Å². The fourth-order valence-electron chi connectivity index (χ4n) is 3.14. The molecule has 1 N–H and O–H groups in total. The highest BCUT2D eigenvalue weighted by Gasteiger charge is 2.16. The third-order valence-electron chi connectivity index (χ3n) is 4.55. The summed E-state index contributed by atoms with van der Waals surface area (Å²) in [7, 11) is 0. The van der Waals surface area contributed by atoms with Crippen LogP contribution in [-0.2, 0) is 17.8 Å². The number of nitrogens with zero attached hydrogens (tertiary/aromatic N) is 3. The number of hydrogen-bond acceptors (Lipinski definition) is 4. The van der Waals surface area contributed by atoms with Crippen LogP contribution in [0.3, 0.4) is 0 Å². The van der Waals surface area contributed by atoms with E-state index in [1.165, 1.54) is 0 Å². The largest absolute Gasteiger partial charge is 0.349 e. The Balaban J connectivity index is 1.46. The molecule has 0 saturated carbocycles. The van der Waals surface area contributed by atoms with Crippen molar-refractivity contribution >= 4 is 27.5 Å². The van der Waals surface area contributed by atoms with Crippen molar-refractivity contribution in [3.8, 4) is 5.69 Å². The van der Waals surface area contributed by atoms with Crippen LogP contribution in [0.15, 0.2) is 54.6 Å². The minimum atomic E-state index is -0.0203. The smallest absolute Gasteiger partial charge is 0.224 e. The van der Waals surface area contributed by atoms with E-state index >= 15 is 0 Å². The second-order valence-corrected chi connectivity index (χ2v) is 7.54. The van der Waals surface area contributed by atoms with E-state index in [2.05, 4.69) is 15.4 Å². The minimum Gasteiger partial charge on any atom is -0.349 e. The second-order valence-electron chi connectivity index (χ2n) is 6.43. The average Bonchev–Trinajstić information content (AvgIpc) is 3.23. The summed E-state index contributed by atoms with van der Waals surface area (Å²) in [4.78, 5) is 17.0. The number of carbonyl (C=O) groups is 1. The summed E-state index contributed by atoms with van der Waals surface area (Å²) < 4.78 is 3.03. The van der Waals surface area contributed by atoms with Gasteiger partial charge in [-0.25, -0.2) is 9.67 Å². The SMILES string of the molecule is Cc1nn(-c2ccccc2)c(C)c1CC(=O)NCc1nc2ccccc2s1. The first kappa shape index (κ1) is 17.4. The van der Waals surface area contributed by atoms with Gasteiger partial charge in [0.15, 0.2) is 0 Å². The number of thiazole rings is 1. The fraction of sp³-hybridized carbons (Fsp3) is 0.190. The maximum absolute atomic E-state index is 12.5. The van der Waals surface area contributed by atoms with Crippen LogP contribution >= 0.6 is 11.3 Å². The number of nitrogens with one attached hydrogen (secondary N) is 1. The molecular weight excluding hydrogens is 356 g/mol. The molecule has 0 radical (unpaired) electrons. The molecule has 5 nitrogen and oxygen atoms in total. The first-order valence-corrected chi connectivity index (χ1v) is 9.65. The standard InChI is InChI=1S/C21H20N4OS/c1-14-17(15(2)25(24-14)16-8-4-3-5-9-16)12-20(26)22-13-21-23-18-10-6-7-11-19(18)27-21/h3-11H,12-13H2,1-2H3,(H,22,26). The van der Waals surface area contributed by atoms with Crippen molar-refractivity contribution in [3.63, 3.8) is 0 Å². The predicted molar refractivity (Wildman–Crippen MR) is 108 cm³/mol. The molecule has 6 heteroatoms. The van der Waals surface area contributed by atoms with Crippen molar-refractivity contribution < 1.29 is 4.79 Å². The number of aryl methyl sites for hydroxylation is 1. The maximum Gasteiger partial charge on any atom is 0.224 e. The van der Waals surface area contributed by atoms with Crippen molar-refractivity contribution in [2.75, 3.05) is 0 Å². The van der Waals surface area contributed by atoms with Crippen molar-refractivity contribution in [3.05, 3.63) is 76.6 Å². The molecule has 0 aliphatic heterocycles. The van der Waals surface area contributed by atoms with Gasteiger partial charge < -0.3 is 5.32 Å². The average molecular weight is 376 g/mol. The van der Waals surface area contributed by atoms with E-state index in [0.29, 0.717) is 13.0 Å². The molecule has 2 aromatic heterocycles. The summed E-state index contributed by atoms with van der Waals surface area (Å²) in [5, 5.41) is 8.51. The molecule has 0 unspecified atom stereocenters. The predicted octanol–water partition coefficient (Wildman–Crippen LogP) is 3.96. The van der Waals surface area contributed by atoms with Gasteiger partial charge in [0, 0.05) is 11.3 Å². The molecule has 0 saturated heterocycles. The summed E-state index contributed by atoms with van der Waals surface area (Å²) in [6.45, 7) is 4.40. The first-order valence-electron chi connectivity index (χ1n) is 8.83. The Morgan fingerprint density at radius 1 is 1.07 bits per heavy atom. The van der Waals surface area contributed by atoms with Gasteiger partial charge in [-0.15, -0.1) is 11.3 Å². The van der Waals surface area contributed by atoms with E-state index in [0.717, 1.165) is 37.9 Å². The van der Waals surface area contributed by atoms with Gasteiger partial charge in [-0.1, -0.05) is 30.3 Å². The normalized spacial score (nSPS) is 11.0. The lowest BCUT2D eigenvalue weighted by atomic mass is 10.1. The molecule has 1 amide bonds. The maximum atomic E-state index is 12.5. The van der Waals surface area contributed by atoms with Gasteiger partial charge in [-0.3, -0.25) is 4.79 Å². The topological polar surface area (TPSA) is 59.8 Å². The van der Waals surface area contributed by atoms with Crippen LogP contribution in [-0.4, -0.2) is 20.7 Å². The van der Waals surface area contributed by atoms with E-state index in [9.17, 15) is 4.79 Å². The summed E-state index contributed by atoms with van der Waals surface area (Å²) >= 11 is 1.61. The van der Waals surface area contributed by atoms with Gasteiger partial charge in [-0.2, -0.15) is 5.10 Å². The molecule has 27 heavy (non-hydrogen) atoms. The van der Waals surface area contributed by atoms with Crippen LogP contribution in [0.5, 0.6) is 0 Å². The van der Waals surface area contributed by atoms with Gasteiger partial charge in [0.25, 0.3) is 0 Å². The lowest BCUT2D eigenvalue weighted by molar-refractivity contribution is -0.120. The number of carbonyl (C=O) groups excluding carboxylic acids is 1. The molecule has 4 aromatic rings. The number of hydrogen-bond donors (Lipinski definition) is 1. The van der Waals surface area contributed by atoms with E-state index in [-0.39, 0.29) is 5.91 Å². The Labute approximate surface area is 161 Å². The van der Waals surface area contributed by atoms with Gasteiger partial charge in [0.05, 0.1) is 34.6 Å². The Morgan fingerprint density at radius 3 is 2.59 bits per heavy atom. The Bertz CT molecular complexity index is 1070. The lowest BCUT2D eigenvalue weighted by Gasteiger charge is -2.06. The molecule has 2 heterocycles. The monoisotopic (exact) mass is 376 g/mol. The Hall–Kier alpha value is -2.99. The Kier molecular flexibility index (Phi) is 4.73. The highest BCUT2D eigenvalue weighted by molar-refractivity contribution is 7.18. The molecule has 4 rings (SSSR count). The van der Waals surface area contributed by atoms with Crippen molar-refractivity contribution in [2.45, 2.75) is 26.8 Å². The Morgan fingerprint density at radius 2 is 1.81 bits per heavy atom. The molecule has 0 aliphatic rings. The molecule has 0 spiro atoms. The number of para-hydroxylation sites is 2. The first-order chi connectivity index (χ1) is 13.1. The molecule has 0 atom stereocenters. The van der Waals surface area contributed by atoms with Crippen molar-refractivity contribution in [2.24, 2.45) is 0 Å². The van der Waals surface area contributed by atoms with Crippen LogP contribution in [0.25, 0.3) is 15.9 Å². The van der Waals surface area contributed by atoms with Gasteiger partial charge >= 0.3 is 0 Å². The van der Waals surface area contributed by atoms with Gasteiger partial charge in [-0.05, 0) is 38.1 Å². The zero-order valence-electron chi connectivity index (χ0n) is 15.3. The molecular formula is C21H20N4OS.